The van der Waals surface area contributed by atoms with Crippen molar-refractivity contribution in [3.8, 4) is 11.1 Å². The van der Waals surface area contributed by atoms with Crippen molar-refractivity contribution in [1.29, 1.82) is 0 Å². The van der Waals surface area contributed by atoms with Crippen LogP contribution in [-0.2, 0) is 11.5 Å². The van der Waals surface area contributed by atoms with E-state index >= 15 is 0 Å². The van der Waals surface area contributed by atoms with E-state index in [1.807, 2.05) is 18.6 Å². The number of anilines is 1. The molecule has 5 heterocycles. The molecule has 7 nitrogen and oxygen atoms in total. The molecule has 0 amide bonds. The summed E-state index contributed by atoms with van der Waals surface area (Å²) in [6.07, 6.45) is 12.4. The summed E-state index contributed by atoms with van der Waals surface area (Å²) in [6, 6.07) is 3.74. The Morgan fingerprint density at radius 1 is 1.08 bits per heavy atom. The maximum absolute atomic E-state index is 13.8. The van der Waals surface area contributed by atoms with E-state index in [2.05, 4.69) is 56.2 Å². The SMILES string of the molecule is C[Si](C)(C)CCOCn1cc(-c2cncnc2)c2c(N3CCC[C@H](N4CCC(F)CC4)C3)ccnc21. The van der Waals surface area contributed by atoms with Gasteiger partial charge in [0.25, 0.3) is 0 Å². The van der Waals surface area contributed by atoms with E-state index in [9.17, 15) is 4.39 Å². The number of fused-ring (bicyclic) bond motifs is 1. The number of hydrogen-bond donors (Lipinski definition) is 0. The Bertz CT molecular complexity index is 1140. The molecule has 0 bridgehead atoms. The first-order valence-electron chi connectivity index (χ1n) is 13.3. The van der Waals surface area contributed by atoms with Crippen molar-refractivity contribution in [2.75, 3.05) is 37.7 Å². The van der Waals surface area contributed by atoms with Gasteiger partial charge < -0.3 is 14.2 Å². The number of pyridine rings is 1. The molecule has 0 unspecified atom stereocenters. The first-order valence-corrected chi connectivity index (χ1v) is 17.0. The Balaban J connectivity index is 1.45. The number of piperidine rings is 2. The lowest BCUT2D eigenvalue weighted by Crippen LogP contribution is -2.50. The van der Waals surface area contributed by atoms with Crippen LogP contribution in [0.15, 0.2) is 37.2 Å². The molecular weight excluding hydrogens is 471 g/mol. The largest absolute Gasteiger partial charge is 0.369 e. The number of ether oxygens (including phenoxy) is 1. The van der Waals surface area contributed by atoms with Gasteiger partial charge in [-0.2, -0.15) is 0 Å². The van der Waals surface area contributed by atoms with Crippen molar-refractivity contribution in [2.24, 2.45) is 0 Å². The first-order chi connectivity index (χ1) is 17.4. The van der Waals surface area contributed by atoms with Crippen LogP contribution in [0.2, 0.25) is 25.7 Å². The minimum Gasteiger partial charge on any atom is -0.369 e. The van der Waals surface area contributed by atoms with E-state index in [4.69, 9.17) is 9.72 Å². The minimum absolute atomic E-state index is 0.463. The van der Waals surface area contributed by atoms with Gasteiger partial charge in [0.1, 0.15) is 24.9 Å². The smallest absolute Gasteiger partial charge is 0.144 e. The summed E-state index contributed by atoms with van der Waals surface area (Å²) in [5, 5.41) is 1.13. The summed E-state index contributed by atoms with van der Waals surface area (Å²) in [6.45, 7) is 12.0. The predicted octanol–water partition coefficient (Wildman–Crippen LogP) is 5.21. The topological polar surface area (TPSA) is 59.3 Å². The molecule has 2 aliphatic rings. The fourth-order valence-corrected chi connectivity index (χ4v) is 6.22. The number of hydrogen-bond acceptors (Lipinski definition) is 6. The number of likely N-dealkylation sites (tertiary alicyclic amines) is 1. The molecule has 3 aromatic rings. The van der Waals surface area contributed by atoms with Gasteiger partial charge in [0.15, 0.2) is 0 Å². The lowest BCUT2D eigenvalue weighted by molar-refractivity contribution is 0.0899. The van der Waals surface area contributed by atoms with Crippen LogP contribution in [0.4, 0.5) is 10.1 Å². The monoisotopic (exact) mass is 510 g/mol. The first kappa shape index (κ1) is 25.3. The summed E-state index contributed by atoms with van der Waals surface area (Å²) >= 11 is 0. The third-order valence-corrected chi connectivity index (χ3v) is 9.25. The van der Waals surface area contributed by atoms with Gasteiger partial charge in [-0.25, -0.2) is 19.3 Å². The number of alkyl halides is 1. The van der Waals surface area contributed by atoms with Gasteiger partial charge in [-0.3, -0.25) is 4.90 Å². The lowest BCUT2D eigenvalue weighted by Gasteiger charge is -2.42. The van der Waals surface area contributed by atoms with E-state index < -0.39 is 14.2 Å². The maximum Gasteiger partial charge on any atom is 0.144 e. The van der Waals surface area contributed by atoms with Gasteiger partial charge >= 0.3 is 0 Å². The molecule has 1 atom stereocenters. The molecule has 2 fully saturated rings. The second kappa shape index (κ2) is 10.9. The maximum atomic E-state index is 13.8. The zero-order chi connectivity index (χ0) is 25.1. The van der Waals surface area contributed by atoms with E-state index in [-0.39, 0.29) is 0 Å². The van der Waals surface area contributed by atoms with Crippen molar-refractivity contribution in [1.82, 2.24) is 24.4 Å². The van der Waals surface area contributed by atoms with E-state index in [1.165, 1.54) is 12.1 Å². The molecule has 2 saturated heterocycles. The number of halogens is 1. The highest BCUT2D eigenvalue weighted by Crippen LogP contribution is 2.37. The quantitative estimate of drug-likeness (QED) is 0.306. The highest BCUT2D eigenvalue weighted by Gasteiger charge is 2.30. The Kier molecular flexibility index (Phi) is 7.69. The van der Waals surface area contributed by atoms with Crippen LogP contribution in [-0.4, -0.2) is 77.5 Å². The molecule has 3 aromatic heterocycles. The Hall–Kier alpha value is -2.36. The fourth-order valence-electron chi connectivity index (χ4n) is 5.46. The number of nitrogens with zero attached hydrogens (tertiary/aromatic N) is 6. The van der Waals surface area contributed by atoms with E-state index in [0.717, 1.165) is 67.4 Å². The van der Waals surface area contributed by atoms with Crippen molar-refractivity contribution in [3.05, 3.63) is 37.2 Å². The van der Waals surface area contributed by atoms with Gasteiger partial charge in [0, 0.05) is 88.5 Å². The molecule has 9 heteroatoms. The van der Waals surface area contributed by atoms with Crippen molar-refractivity contribution < 1.29 is 9.13 Å². The lowest BCUT2D eigenvalue weighted by atomic mass is 9.99. The average molecular weight is 511 g/mol. The van der Waals surface area contributed by atoms with Crippen molar-refractivity contribution in [2.45, 2.75) is 70.3 Å². The van der Waals surface area contributed by atoms with Crippen LogP contribution in [0.3, 0.4) is 0 Å². The van der Waals surface area contributed by atoms with Gasteiger partial charge in [0.2, 0.25) is 0 Å². The summed E-state index contributed by atoms with van der Waals surface area (Å²) in [5.41, 5.74) is 4.20. The third kappa shape index (κ3) is 5.79. The van der Waals surface area contributed by atoms with Crippen LogP contribution in [0.25, 0.3) is 22.2 Å². The molecule has 0 saturated carbocycles. The van der Waals surface area contributed by atoms with Crippen molar-refractivity contribution >= 4 is 24.8 Å². The molecule has 0 aliphatic carbocycles. The summed E-state index contributed by atoms with van der Waals surface area (Å²) in [5.74, 6) is 0. The molecule has 2 aliphatic heterocycles. The van der Waals surface area contributed by atoms with Gasteiger partial charge in [-0.15, -0.1) is 0 Å². The molecule has 5 rings (SSSR count). The van der Waals surface area contributed by atoms with Crippen LogP contribution in [0.1, 0.15) is 25.7 Å². The van der Waals surface area contributed by atoms with E-state index in [0.29, 0.717) is 25.6 Å². The number of aromatic nitrogens is 4. The Morgan fingerprint density at radius 3 is 2.61 bits per heavy atom. The Morgan fingerprint density at radius 2 is 1.86 bits per heavy atom. The molecular formula is C27H39FN6OSi. The van der Waals surface area contributed by atoms with Crippen LogP contribution >= 0.6 is 0 Å². The van der Waals surface area contributed by atoms with E-state index in [1.54, 1.807) is 6.33 Å². The molecule has 194 valence electrons. The van der Waals surface area contributed by atoms with Crippen LogP contribution < -0.4 is 4.90 Å². The molecule has 36 heavy (non-hydrogen) atoms. The minimum atomic E-state index is -1.15. The second-order valence-electron chi connectivity index (χ2n) is 11.5. The second-order valence-corrected chi connectivity index (χ2v) is 17.1. The average Bonchev–Trinajstić information content (AvgIpc) is 3.26. The van der Waals surface area contributed by atoms with Gasteiger partial charge in [-0.05, 0) is 37.8 Å². The third-order valence-electron chi connectivity index (χ3n) is 7.55. The zero-order valence-corrected chi connectivity index (χ0v) is 22.9. The molecule has 0 aromatic carbocycles. The fraction of sp³-hybridized carbons (Fsp3) is 0.593. The summed E-state index contributed by atoms with van der Waals surface area (Å²) in [7, 11) is -1.15. The van der Waals surface area contributed by atoms with Crippen LogP contribution in [0.5, 0.6) is 0 Å². The standard InChI is InChI=1S/C27H39FN6OSi/c1-36(2,3)14-13-35-20-34-18-24(21-15-29-19-30-16-21)26-25(6-9-31-27(26)34)33-10-4-5-23(17-33)32-11-7-22(28)8-12-32/h6,9,15-16,18-19,22-23H,4-5,7-8,10-14,17,20H2,1-3H3/t23-/m0/s1. The molecule has 0 radical (unpaired) electrons. The highest BCUT2D eigenvalue weighted by atomic mass is 28.3. The van der Waals surface area contributed by atoms with Crippen molar-refractivity contribution in [3.63, 3.8) is 0 Å². The van der Waals surface area contributed by atoms with Gasteiger partial charge in [-0.1, -0.05) is 19.6 Å². The Labute approximate surface area is 214 Å². The highest BCUT2D eigenvalue weighted by molar-refractivity contribution is 6.76. The number of rotatable bonds is 8. The summed E-state index contributed by atoms with van der Waals surface area (Å²) < 4.78 is 22.0. The van der Waals surface area contributed by atoms with Crippen LogP contribution in [0, 0.1) is 0 Å². The normalized spacial score (nSPS) is 20.3. The molecule has 0 N–H and O–H groups in total. The molecule has 0 spiro atoms. The zero-order valence-electron chi connectivity index (χ0n) is 21.9. The van der Waals surface area contributed by atoms with Gasteiger partial charge in [0.05, 0.1) is 5.39 Å². The summed E-state index contributed by atoms with van der Waals surface area (Å²) in [4.78, 5) is 18.4. The predicted molar refractivity (Wildman–Crippen MR) is 146 cm³/mol.